The third-order valence-electron chi connectivity index (χ3n) is 6.68. The summed E-state index contributed by atoms with van der Waals surface area (Å²) >= 11 is 0. The molecule has 0 aliphatic rings. The summed E-state index contributed by atoms with van der Waals surface area (Å²) in [5, 5.41) is 0. The van der Waals surface area contributed by atoms with E-state index in [1.807, 2.05) is 13.8 Å². The van der Waals surface area contributed by atoms with Gasteiger partial charge in [-0.3, -0.25) is 9.09 Å². The first kappa shape index (κ1) is 32.2. The molecule has 0 saturated heterocycles. The van der Waals surface area contributed by atoms with E-state index < -0.39 is 21.0 Å². The Bertz CT molecular complexity index is 564. The van der Waals surface area contributed by atoms with E-state index >= 15 is 0 Å². The van der Waals surface area contributed by atoms with E-state index in [1.54, 1.807) is 0 Å². The summed E-state index contributed by atoms with van der Waals surface area (Å²) in [4.78, 5) is 27.2. The van der Waals surface area contributed by atoms with Crippen LogP contribution in [-0.4, -0.2) is 46.8 Å². The average Bonchev–Trinajstić information content (AvgIpc) is 2.71. The Hall–Kier alpha value is 0.220. The molecule has 1 atom stereocenters. The molecule has 32 heavy (non-hydrogen) atoms. The SMILES string of the molecule is CCC(CC)(CCCCOCCCCC(CC)(CC)OP(C)(=O)O)CCCOP(=O)(O)O. The molecule has 0 fully saturated rings. The lowest BCUT2D eigenvalue weighted by molar-refractivity contribution is 0.0352. The van der Waals surface area contributed by atoms with Crippen molar-refractivity contribution in [1.29, 1.82) is 0 Å². The fraction of sp³-hybridized carbons (Fsp3) is 1.00. The molecule has 0 rings (SSSR count). The molecule has 0 aromatic rings. The Morgan fingerprint density at radius 1 is 0.688 bits per heavy atom. The zero-order valence-corrected chi connectivity index (χ0v) is 22.7. The van der Waals surface area contributed by atoms with Gasteiger partial charge in [-0.15, -0.1) is 0 Å². The first-order valence-corrected chi connectivity index (χ1v) is 15.7. The van der Waals surface area contributed by atoms with Crippen LogP contribution in [-0.2, 0) is 22.9 Å². The third-order valence-corrected chi connectivity index (χ3v) is 7.92. The Labute approximate surface area is 195 Å². The highest BCUT2D eigenvalue weighted by Crippen LogP contribution is 2.46. The van der Waals surface area contributed by atoms with Crippen molar-refractivity contribution in [2.24, 2.45) is 5.41 Å². The predicted molar refractivity (Wildman–Crippen MR) is 129 cm³/mol. The first-order valence-electron chi connectivity index (χ1n) is 12.2. The Morgan fingerprint density at radius 3 is 1.62 bits per heavy atom. The van der Waals surface area contributed by atoms with Crippen LogP contribution in [0, 0.1) is 5.41 Å². The number of phosphoric acid groups is 1. The van der Waals surface area contributed by atoms with Crippen molar-refractivity contribution in [3.63, 3.8) is 0 Å². The summed E-state index contributed by atoms with van der Waals surface area (Å²) < 4.78 is 38.4. The van der Waals surface area contributed by atoms with Gasteiger partial charge < -0.3 is 23.9 Å². The van der Waals surface area contributed by atoms with Crippen LogP contribution in [0.4, 0.5) is 0 Å². The van der Waals surface area contributed by atoms with Gasteiger partial charge in [-0.1, -0.05) is 47.0 Å². The highest BCUT2D eigenvalue weighted by atomic mass is 31.2. The maximum atomic E-state index is 11.7. The Morgan fingerprint density at radius 2 is 1.19 bits per heavy atom. The molecule has 0 aliphatic carbocycles. The molecular formula is C22H48O8P2. The molecule has 0 spiro atoms. The summed E-state index contributed by atoms with van der Waals surface area (Å²) in [6.07, 6.45) is 10.7. The van der Waals surface area contributed by atoms with E-state index in [4.69, 9.17) is 19.0 Å². The van der Waals surface area contributed by atoms with Gasteiger partial charge in [0, 0.05) is 19.9 Å². The largest absolute Gasteiger partial charge is 0.469 e. The molecule has 3 N–H and O–H groups in total. The van der Waals surface area contributed by atoms with Crippen LogP contribution in [0.15, 0.2) is 0 Å². The van der Waals surface area contributed by atoms with Crippen LogP contribution in [0.3, 0.4) is 0 Å². The lowest BCUT2D eigenvalue weighted by Crippen LogP contribution is -2.30. The molecule has 0 radical (unpaired) electrons. The van der Waals surface area contributed by atoms with Crippen LogP contribution < -0.4 is 0 Å². The Balaban J connectivity index is 4.08. The van der Waals surface area contributed by atoms with Gasteiger partial charge >= 0.3 is 15.4 Å². The van der Waals surface area contributed by atoms with E-state index in [-0.39, 0.29) is 12.0 Å². The van der Waals surface area contributed by atoms with Gasteiger partial charge in [0.15, 0.2) is 0 Å². The van der Waals surface area contributed by atoms with Gasteiger partial charge in [-0.25, -0.2) is 4.57 Å². The van der Waals surface area contributed by atoms with Crippen LogP contribution in [0.25, 0.3) is 0 Å². The Kier molecular flexibility index (Phi) is 16.1. The summed E-state index contributed by atoms with van der Waals surface area (Å²) in [5.41, 5.74) is -0.341. The van der Waals surface area contributed by atoms with Gasteiger partial charge in [0.2, 0.25) is 0 Å². The molecular weight excluding hydrogens is 454 g/mol. The van der Waals surface area contributed by atoms with E-state index in [9.17, 15) is 14.0 Å². The van der Waals surface area contributed by atoms with Gasteiger partial charge in [-0.2, -0.15) is 0 Å². The van der Waals surface area contributed by atoms with E-state index in [1.165, 1.54) is 6.66 Å². The molecule has 0 bridgehead atoms. The zero-order valence-electron chi connectivity index (χ0n) is 20.9. The second kappa shape index (κ2) is 16.0. The zero-order chi connectivity index (χ0) is 24.7. The standard InChI is InChI=1S/C22H48O8P2/c1-6-21(7-2,16-14-20-29-32(25,26)27)15-10-12-18-28-19-13-11-17-22(8-3,9-4)30-31(5,23)24/h6-20H2,1-5H3,(H,23,24)(H2,25,26,27). The van der Waals surface area contributed by atoms with Crippen LogP contribution >= 0.6 is 15.4 Å². The number of unbranched alkanes of at least 4 members (excludes halogenated alkanes) is 2. The maximum Gasteiger partial charge on any atom is 0.469 e. The molecule has 0 saturated carbocycles. The van der Waals surface area contributed by atoms with E-state index in [2.05, 4.69) is 18.4 Å². The van der Waals surface area contributed by atoms with Crippen molar-refractivity contribution >= 4 is 15.4 Å². The minimum absolute atomic E-state index is 0.0889. The van der Waals surface area contributed by atoms with Gasteiger partial charge in [-0.05, 0) is 63.2 Å². The van der Waals surface area contributed by atoms with E-state index in [0.29, 0.717) is 25.9 Å². The smallest absolute Gasteiger partial charge is 0.381 e. The molecule has 194 valence electrons. The first-order chi connectivity index (χ1) is 14.9. The number of rotatable bonds is 21. The fourth-order valence-corrected chi connectivity index (χ4v) is 5.74. The second-order valence-corrected chi connectivity index (χ2v) is 12.0. The van der Waals surface area contributed by atoms with Gasteiger partial charge in [0.25, 0.3) is 0 Å². The molecule has 10 heteroatoms. The number of ether oxygens (including phenoxy) is 1. The highest BCUT2D eigenvalue weighted by Gasteiger charge is 2.32. The van der Waals surface area contributed by atoms with Crippen molar-refractivity contribution in [3.05, 3.63) is 0 Å². The molecule has 8 nitrogen and oxygen atoms in total. The lowest BCUT2D eigenvalue weighted by Gasteiger charge is -2.32. The van der Waals surface area contributed by atoms with Crippen LogP contribution in [0.5, 0.6) is 0 Å². The minimum Gasteiger partial charge on any atom is -0.381 e. The third kappa shape index (κ3) is 15.2. The summed E-state index contributed by atoms with van der Waals surface area (Å²) in [7, 11) is -7.88. The number of phosphoric ester groups is 1. The summed E-state index contributed by atoms with van der Waals surface area (Å²) in [6, 6.07) is 0. The molecule has 1 unspecified atom stereocenters. The van der Waals surface area contributed by atoms with Crippen LogP contribution in [0.1, 0.15) is 105 Å². The summed E-state index contributed by atoms with van der Waals surface area (Å²) in [6.45, 7) is 11.1. The van der Waals surface area contributed by atoms with Crippen molar-refractivity contribution in [2.75, 3.05) is 26.5 Å². The van der Waals surface area contributed by atoms with E-state index in [0.717, 1.165) is 64.4 Å². The van der Waals surface area contributed by atoms with Crippen LogP contribution in [0.2, 0.25) is 0 Å². The van der Waals surface area contributed by atoms with Crippen molar-refractivity contribution in [1.82, 2.24) is 0 Å². The maximum absolute atomic E-state index is 11.7. The summed E-state index contributed by atoms with van der Waals surface area (Å²) in [5.74, 6) is 0. The normalized spacial score (nSPS) is 15.1. The lowest BCUT2D eigenvalue weighted by atomic mass is 9.74. The monoisotopic (exact) mass is 502 g/mol. The topological polar surface area (TPSA) is 123 Å². The predicted octanol–water partition coefficient (Wildman–Crippen LogP) is 6.43. The molecule has 0 amide bonds. The van der Waals surface area contributed by atoms with Crippen molar-refractivity contribution in [3.8, 4) is 0 Å². The highest BCUT2D eigenvalue weighted by molar-refractivity contribution is 7.51. The molecule has 0 aliphatic heterocycles. The average molecular weight is 503 g/mol. The van der Waals surface area contributed by atoms with Crippen molar-refractivity contribution in [2.45, 2.75) is 110 Å². The molecule has 0 aromatic carbocycles. The van der Waals surface area contributed by atoms with Gasteiger partial charge in [0.05, 0.1) is 12.2 Å². The number of hydrogen-bond donors (Lipinski definition) is 3. The van der Waals surface area contributed by atoms with Gasteiger partial charge in [0.1, 0.15) is 0 Å². The molecule has 0 aromatic heterocycles. The quantitative estimate of drug-likeness (QED) is 0.121. The fourth-order valence-electron chi connectivity index (χ4n) is 4.31. The second-order valence-electron chi connectivity index (χ2n) is 8.95. The number of hydrogen-bond acceptors (Lipinski definition) is 5. The minimum atomic E-state index is -4.38. The molecule has 0 heterocycles. The van der Waals surface area contributed by atoms with Crippen molar-refractivity contribution < 1.29 is 37.6 Å².